The lowest BCUT2D eigenvalue weighted by atomic mass is 10.3. The van der Waals surface area contributed by atoms with Crippen molar-refractivity contribution in [3.8, 4) is 5.75 Å². The molecule has 0 bridgehead atoms. The Balaban J connectivity index is 2.71. The van der Waals surface area contributed by atoms with Crippen LogP contribution in [0, 0.1) is 11.6 Å². The number of nitrogen functional groups attached to an aromatic ring is 1. The Morgan fingerprint density at radius 1 is 1.33 bits per heavy atom. The Morgan fingerprint density at radius 2 is 2.00 bits per heavy atom. The lowest BCUT2D eigenvalue weighted by Gasteiger charge is -2.13. The molecule has 0 saturated heterocycles. The Hall–Kier alpha value is -1.36. The minimum Gasteiger partial charge on any atom is -0.487 e. The maximum absolute atomic E-state index is 13.2. The third-order valence-electron chi connectivity index (χ3n) is 1.87. The molecule has 0 unspecified atom stereocenters. The topological polar surface area (TPSA) is 38.5 Å². The fraction of sp³-hybridized carbons (Fsp3) is 0.400. The summed E-state index contributed by atoms with van der Waals surface area (Å²) < 4.78 is 31.1. The van der Waals surface area contributed by atoms with Gasteiger partial charge in [0.15, 0.2) is 11.6 Å². The highest BCUT2D eigenvalue weighted by molar-refractivity contribution is 5.53. The summed E-state index contributed by atoms with van der Waals surface area (Å²) in [7, 11) is 3.71. The molecule has 0 heterocycles. The third-order valence-corrected chi connectivity index (χ3v) is 1.87. The van der Waals surface area contributed by atoms with Gasteiger partial charge in [0.05, 0.1) is 5.69 Å². The number of halogens is 2. The summed E-state index contributed by atoms with van der Waals surface area (Å²) in [5.74, 6) is -2.20. The van der Waals surface area contributed by atoms with E-state index in [-0.39, 0.29) is 18.0 Å². The van der Waals surface area contributed by atoms with Crippen LogP contribution in [0.3, 0.4) is 0 Å². The van der Waals surface area contributed by atoms with Crippen LogP contribution >= 0.6 is 0 Å². The van der Waals surface area contributed by atoms with Crippen molar-refractivity contribution in [2.75, 3.05) is 33.0 Å². The Labute approximate surface area is 87.4 Å². The molecule has 0 aromatic heterocycles. The van der Waals surface area contributed by atoms with Crippen molar-refractivity contribution in [3.05, 3.63) is 23.8 Å². The van der Waals surface area contributed by atoms with Crippen molar-refractivity contribution >= 4 is 5.69 Å². The van der Waals surface area contributed by atoms with E-state index in [4.69, 9.17) is 10.5 Å². The predicted octanol–water partition coefficient (Wildman–Crippen LogP) is 1.49. The lowest BCUT2D eigenvalue weighted by Crippen LogP contribution is -2.20. The molecule has 0 saturated carbocycles. The predicted molar refractivity (Wildman–Crippen MR) is 54.8 cm³/mol. The van der Waals surface area contributed by atoms with Crippen molar-refractivity contribution in [3.63, 3.8) is 0 Å². The van der Waals surface area contributed by atoms with Gasteiger partial charge in [0.2, 0.25) is 5.82 Å². The standard InChI is InChI=1S/C10H14F2N2O/c1-14(2)5-6-15-10-8(13)4-3-7(11)9(10)12/h3-4H,5-6,13H2,1-2H3. The highest BCUT2D eigenvalue weighted by atomic mass is 19.2. The first kappa shape index (κ1) is 11.7. The van der Waals surface area contributed by atoms with Gasteiger partial charge in [-0.25, -0.2) is 4.39 Å². The number of ether oxygens (including phenoxy) is 1. The minimum absolute atomic E-state index is 0.104. The summed E-state index contributed by atoms with van der Waals surface area (Å²) in [5.41, 5.74) is 5.57. The van der Waals surface area contributed by atoms with E-state index in [0.717, 1.165) is 6.07 Å². The van der Waals surface area contributed by atoms with Crippen LogP contribution < -0.4 is 10.5 Å². The van der Waals surface area contributed by atoms with Gasteiger partial charge in [0, 0.05) is 6.54 Å². The van der Waals surface area contributed by atoms with Crippen LogP contribution in [0.4, 0.5) is 14.5 Å². The summed E-state index contributed by atoms with van der Waals surface area (Å²) in [5, 5.41) is 0. The van der Waals surface area contributed by atoms with E-state index in [9.17, 15) is 8.78 Å². The second-order valence-electron chi connectivity index (χ2n) is 3.43. The monoisotopic (exact) mass is 216 g/mol. The number of likely N-dealkylation sites (N-methyl/N-ethyl adjacent to an activating group) is 1. The van der Waals surface area contributed by atoms with E-state index in [0.29, 0.717) is 6.54 Å². The fourth-order valence-electron chi connectivity index (χ4n) is 1.02. The summed E-state index contributed by atoms with van der Waals surface area (Å²) in [6.07, 6.45) is 0. The van der Waals surface area contributed by atoms with Gasteiger partial charge in [-0.05, 0) is 26.2 Å². The SMILES string of the molecule is CN(C)CCOc1c(N)ccc(F)c1F. The summed E-state index contributed by atoms with van der Waals surface area (Å²) in [6.45, 7) is 0.868. The van der Waals surface area contributed by atoms with Crippen molar-refractivity contribution in [1.82, 2.24) is 4.90 Å². The first-order chi connectivity index (χ1) is 7.02. The van der Waals surface area contributed by atoms with Crippen molar-refractivity contribution in [1.29, 1.82) is 0 Å². The van der Waals surface area contributed by atoms with E-state index in [2.05, 4.69) is 0 Å². The molecule has 0 fully saturated rings. The molecule has 3 nitrogen and oxygen atoms in total. The van der Waals surface area contributed by atoms with Crippen LogP contribution in [0.2, 0.25) is 0 Å². The molecule has 1 rings (SSSR count). The molecule has 0 amide bonds. The number of benzene rings is 1. The maximum Gasteiger partial charge on any atom is 0.202 e. The van der Waals surface area contributed by atoms with Gasteiger partial charge >= 0.3 is 0 Å². The summed E-state index contributed by atoms with van der Waals surface area (Å²) in [6, 6.07) is 2.26. The van der Waals surface area contributed by atoms with Crippen molar-refractivity contribution in [2.45, 2.75) is 0 Å². The first-order valence-electron chi connectivity index (χ1n) is 4.53. The zero-order chi connectivity index (χ0) is 11.4. The van der Waals surface area contributed by atoms with Gasteiger partial charge in [0.25, 0.3) is 0 Å². The number of hydrogen-bond acceptors (Lipinski definition) is 3. The van der Waals surface area contributed by atoms with Gasteiger partial charge in [-0.2, -0.15) is 4.39 Å². The first-order valence-corrected chi connectivity index (χ1v) is 4.53. The average Bonchev–Trinajstić information content (AvgIpc) is 2.17. The number of nitrogens with zero attached hydrogens (tertiary/aromatic N) is 1. The summed E-state index contributed by atoms with van der Waals surface area (Å²) in [4.78, 5) is 1.87. The molecule has 0 aliphatic carbocycles. The molecular formula is C10H14F2N2O. The van der Waals surface area contributed by atoms with Crippen LogP contribution in [-0.2, 0) is 0 Å². The van der Waals surface area contributed by atoms with Crippen LogP contribution in [0.1, 0.15) is 0 Å². The fourth-order valence-corrected chi connectivity index (χ4v) is 1.02. The minimum atomic E-state index is -1.03. The molecular weight excluding hydrogens is 202 g/mol. The molecule has 0 aliphatic rings. The molecule has 0 spiro atoms. The molecule has 84 valence electrons. The van der Waals surface area contributed by atoms with Gasteiger partial charge < -0.3 is 15.4 Å². The molecule has 0 atom stereocenters. The second kappa shape index (κ2) is 4.93. The number of rotatable bonds is 4. The van der Waals surface area contributed by atoms with Crippen molar-refractivity contribution in [2.24, 2.45) is 0 Å². The highest BCUT2D eigenvalue weighted by Crippen LogP contribution is 2.26. The largest absolute Gasteiger partial charge is 0.487 e. The van der Waals surface area contributed by atoms with E-state index >= 15 is 0 Å². The molecule has 0 radical (unpaired) electrons. The van der Waals surface area contributed by atoms with Crippen LogP contribution in [-0.4, -0.2) is 32.1 Å². The molecule has 1 aromatic rings. The Morgan fingerprint density at radius 3 is 2.60 bits per heavy atom. The number of nitrogens with two attached hydrogens (primary N) is 1. The van der Waals surface area contributed by atoms with Crippen LogP contribution in [0.15, 0.2) is 12.1 Å². The Bertz CT molecular complexity index is 342. The van der Waals surface area contributed by atoms with E-state index < -0.39 is 11.6 Å². The highest BCUT2D eigenvalue weighted by Gasteiger charge is 2.12. The summed E-state index contributed by atoms with van der Waals surface area (Å²) >= 11 is 0. The van der Waals surface area contributed by atoms with E-state index in [1.54, 1.807) is 0 Å². The van der Waals surface area contributed by atoms with Crippen LogP contribution in [0.25, 0.3) is 0 Å². The zero-order valence-electron chi connectivity index (χ0n) is 8.76. The zero-order valence-corrected chi connectivity index (χ0v) is 8.76. The van der Waals surface area contributed by atoms with Crippen LogP contribution in [0.5, 0.6) is 5.75 Å². The number of hydrogen-bond donors (Lipinski definition) is 1. The van der Waals surface area contributed by atoms with E-state index in [1.165, 1.54) is 6.07 Å². The Kier molecular flexibility index (Phi) is 3.85. The molecule has 0 aliphatic heterocycles. The van der Waals surface area contributed by atoms with Gasteiger partial charge in [-0.1, -0.05) is 0 Å². The third kappa shape index (κ3) is 3.06. The molecule has 15 heavy (non-hydrogen) atoms. The number of anilines is 1. The maximum atomic E-state index is 13.2. The van der Waals surface area contributed by atoms with E-state index in [1.807, 2.05) is 19.0 Å². The van der Waals surface area contributed by atoms with Gasteiger partial charge in [-0.15, -0.1) is 0 Å². The lowest BCUT2D eigenvalue weighted by molar-refractivity contribution is 0.250. The molecule has 1 aromatic carbocycles. The van der Waals surface area contributed by atoms with Gasteiger partial charge in [0.1, 0.15) is 6.61 Å². The van der Waals surface area contributed by atoms with Crippen molar-refractivity contribution < 1.29 is 13.5 Å². The smallest absolute Gasteiger partial charge is 0.202 e. The molecule has 2 N–H and O–H groups in total. The van der Waals surface area contributed by atoms with Gasteiger partial charge in [-0.3, -0.25) is 0 Å². The average molecular weight is 216 g/mol. The normalized spacial score (nSPS) is 10.7. The quantitative estimate of drug-likeness (QED) is 0.775. The second-order valence-corrected chi connectivity index (χ2v) is 3.43. The molecule has 5 heteroatoms.